The van der Waals surface area contributed by atoms with Crippen LogP contribution in [0.25, 0.3) is 135 Å². The van der Waals surface area contributed by atoms with Crippen LogP contribution in [0.3, 0.4) is 0 Å². The summed E-state index contributed by atoms with van der Waals surface area (Å²) >= 11 is 0. The Bertz CT molecular complexity index is 5080. The number of rotatable bonds is 12. The van der Waals surface area contributed by atoms with Gasteiger partial charge in [-0.3, -0.25) is 9.97 Å². The number of aromatic nitrogens is 17. The van der Waals surface area contributed by atoms with E-state index in [2.05, 4.69) is 133 Å². The van der Waals surface area contributed by atoms with Crippen LogP contribution in [0, 0.1) is 48.5 Å². The number of hydrogen-bond donors (Lipinski definition) is 0. The van der Waals surface area contributed by atoms with Gasteiger partial charge < -0.3 is 39.9 Å². The minimum absolute atomic E-state index is 0. The molecule has 20 rings (SSSR count). The summed E-state index contributed by atoms with van der Waals surface area (Å²) in [6.07, 6.45) is 30.9. The molecule has 124 heavy (non-hydrogen) atoms. The maximum absolute atomic E-state index is 4.36. The first-order chi connectivity index (χ1) is 59.6. The Morgan fingerprint density at radius 1 is 0.153 bits per heavy atom. The van der Waals surface area contributed by atoms with Gasteiger partial charge in [0.1, 0.15) is 19.0 Å². The first-order valence-corrected chi connectivity index (χ1v) is 37.8. The van der Waals surface area contributed by atoms with Crippen molar-refractivity contribution in [3.05, 3.63) is 482 Å². The Morgan fingerprint density at radius 3 is 0.718 bits per heavy atom. The van der Waals surface area contributed by atoms with E-state index in [9.17, 15) is 0 Å². The van der Waals surface area contributed by atoms with E-state index in [1.54, 1.807) is 99.0 Å². The number of nitrogens with zero attached hydrogens (tertiary/aromatic N) is 17. The summed E-state index contributed by atoms with van der Waals surface area (Å²) in [5.41, 5.74) is 21.2. The van der Waals surface area contributed by atoms with Gasteiger partial charge in [-0.1, -0.05) is 72.8 Å². The molecular formula is C103H71Ir4N17-8. The standard InChI is InChI=1S/3C15H10N3.C14H9N4.4C11H8N.4Ir/c1-2-5-12(6-3-1)14-11-13(7-10-16-14)15-17-8-4-9-18-15;1-2-4-12(5-3-1)15-8-13(6-7-18-15)14-9-16-11-17-10-14;1-2-4-12(5-3-1)14-10-13(6-7-17-14)15-11-16-8-9-18-15;1-2-4-11(5-3-1)13-8-12(6-7-16-13)14-17-9-15-10-18-14;4*1-2-6-10(7-3-1)11-8-4-5-9-12-11;;;;/h1-5,7-11H;2*1-4,6-11H;1-4,6-10H;4*1-6,8-9H;;;;/q8*-1;;;;. The Balaban J connectivity index is 0.000000161. The summed E-state index contributed by atoms with van der Waals surface area (Å²) in [5, 5.41) is 0. The molecule has 20 aromatic rings. The molecule has 0 aliphatic carbocycles. The fourth-order valence-corrected chi connectivity index (χ4v) is 11.2. The second-order valence-corrected chi connectivity index (χ2v) is 25.0. The van der Waals surface area contributed by atoms with Crippen molar-refractivity contribution in [2.24, 2.45) is 0 Å². The van der Waals surface area contributed by atoms with E-state index in [4.69, 9.17) is 0 Å². The van der Waals surface area contributed by atoms with Crippen LogP contribution in [0.4, 0.5) is 0 Å². The summed E-state index contributed by atoms with van der Waals surface area (Å²) in [6.45, 7) is 0. The zero-order valence-electron chi connectivity index (χ0n) is 65.9. The molecule has 0 aliphatic heterocycles. The minimum atomic E-state index is 0. The maximum Gasteiger partial charge on any atom is 0.161 e. The third kappa shape index (κ3) is 30.2. The summed E-state index contributed by atoms with van der Waals surface area (Å²) in [7, 11) is 0. The topological polar surface area (TPSA) is 219 Å². The molecule has 0 fully saturated rings. The normalized spacial score (nSPS) is 9.68. The molecule has 21 heteroatoms. The second-order valence-electron chi connectivity index (χ2n) is 25.0. The average molecular weight is 2320 g/mol. The minimum Gasteiger partial charge on any atom is -0.305 e. The quantitative estimate of drug-likeness (QED) is 0.104. The molecule has 0 spiro atoms. The van der Waals surface area contributed by atoms with Crippen molar-refractivity contribution in [1.29, 1.82) is 0 Å². The zero-order chi connectivity index (χ0) is 81.7. The van der Waals surface area contributed by atoms with Crippen molar-refractivity contribution in [3.63, 3.8) is 0 Å². The van der Waals surface area contributed by atoms with E-state index >= 15 is 0 Å². The van der Waals surface area contributed by atoms with Crippen LogP contribution in [0.1, 0.15) is 0 Å². The molecule has 8 aromatic carbocycles. The summed E-state index contributed by atoms with van der Waals surface area (Å²) < 4.78 is 0. The number of pyridine rings is 8. The van der Waals surface area contributed by atoms with E-state index in [-0.39, 0.29) is 80.4 Å². The fraction of sp³-hybridized carbons (Fsp3) is 0. The molecule has 0 amide bonds. The Hall–Kier alpha value is -14.2. The third-order valence-corrected chi connectivity index (χ3v) is 16.9. The monoisotopic (exact) mass is 2320 g/mol. The predicted octanol–water partition coefficient (Wildman–Crippen LogP) is 21.6. The molecule has 0 saturated heterocycles. The van der Waals surface area contributed by atoms with Gasteiger partial charge in [0.25, 0.3) is 0 Å². The van der Waals surface area contributed by atoms with Crippen LogP contribution < -0.4 is 0 Å². The van der Waals surface area contributed by atoms with Crippen molar-refractivity contribution < 1.29 is 80.4 Å². The molecule has 0 N–H and O–H groups in total. The van der Waals surface area contributed by atoms with Gasteiger partial charge >= 0.3 is 0 Å². The molecule has 4 radical (unpaired) electrons. The average Bonchev–Trinajstić information content (AvgIpc) is 0.846. The van der Waals surface area contributed by atoms with Crippen LogP contribution in [0.5, 0.6) is 0 Å². The van der Waals surface area contributed by atoms with Crippen LogP contribution in [-0.4, -0.2) is 84.7 Å². The molecule has 0 saturated carbocycles. The van der Waals surface area contributed by atoms with Crippen molar-refractivity contribution in [3.8, 4) is 135 Å². The fourth-order valence-electron chi connectivity index (χ4n) is 11.2. The number of benzene rings is 8. The van der Waals surface area contributed by atoms with E-state index < -0.39 is 0 Å². The van der Waals surface area contributed by atoms with E-state index in [0.29, 0.717) is 11.6 Å². The van der Waals surface area contributed by atoms with Gasteiger partial charge in [-0.05, 0) is 111 Å². The summed E-state index contributed by atoms with van der Waals surface area (Å²) in [4.78, 5) is 71.2. The third-order valence-electron chi connectivity index (χ3n) is 16.9. The van der Waals surface area contributed by atoms with Crippen molar-refractivity contribution >= 4 is 0 Å². The van der Waals surface area contributed by atoms with Gasteiger partial charge in [-0.2, -0.15) is 0 Å². The Labute approximate surface area is 775 Å². The van der Waals surface area contributed by atoms with Gasteiger partial charge in [-0.15, -0.1) is 287 Å². The van der Waals surface area contributed by atoms with E-state index in [0.717, 1.165) is 124 Å². The molecule has 12 heterocycles. The van der Waals surface area contributed by atoms with Crippen molar-refractivity contribution in [2.75, 3.05) is 0 Å². The maximum atomic E-state index is 4.36. The van der Waals surface area contributed by atoms with E-state index in [1.165, 1.54) is 19.0 Å². The van der Waals surface area contributed by atoms with Gasteiger partial charge in [0.15, 0.2) is 11.6 Å². The zero-order valence-corrected chi connectivity index (χ0v) is 75.5. The van der Waals surface area contributed by atoms with Crippen LogP contribution in [0.15, 0.2) is 433 Å². The summed E-state index contributed by atoms with van der Waals surface area (Å²) in [5.74, 6) is 1.35. The Kier molecular flexibility index (Phi) is 40.4. The van der Waals surface area contributed by atoms with Gasteiger partial charge in [0.2, 0.25) is 0 Å². The molecule has 0 bridgehead atoms. The smallest absolute Gasteiger partial charge is 0.161 e. The van der Waals surface area contributed by atoms with Gasteiger partial charge in [0.05, 0.1) is 11.9 Å². The van der Waals surface area contributed by atoms with Gasteiger partial charge in [0, 0.05) is 184 Å². The van der Waals surface area contributed by atoms with E-state index in [1.807, 2.05) is 315 Å². The molecule has 0 atom stereocenters. The molecule has 0 aliphatic rings. The molecule has 12 aromatic heterocycles. The largest absolute Gasteiger partial charge is 0.305 e. The molecular weight excluding hydrogens is 2240 g/mol. The van der Waals surface area contributed by atoms with Crippen LogP contribution in [0.2, 0.25) is 0 Å². The number of hydrogen-bond acceptors (Lipinski definition) is 17. The first-order valence-electron chi connectivity index (χ1n) is 37.8. The van der Waals surface area contributed by atoms with Crippen LogP contribution >= 0.6 is 0 Å². The predicted molar refractivity (Wildman–Crippen MR) is 470 cm³/mol. The second kappa shape index (κ2) is 53.5. The summed E-state index contributed by atoms with van der Waals surface area (Å²) in [6, 6.07) is 128. The molecule has 0 unspecified atom stereocenters. The van der Waals surface area contributed by atoms with Crippen molar-refractivity contribution in [1.82, 2.24) is 84.7 Å². The molecule has 612 valence electrons. The molecule has 17 nitrogen and oxygen atoms in total. The van der Waals surface area contributed by atoms with Crippen LogP contribution in [-0.2, 0) is 80.4 Å². The Morgan fingerprint density at radius 2 is 0.419 bits per heavy atom. The SMILES string of the molecule is [Ir].[Ir].[Ir].[Ir].[c-]1ccccc1-c1cc(-c2cnccn2)ccn1.[c-]1ccccc1-c1cc(-c2cncnc2)ccn1.[c-]1ccccc1-c1cc(-c2ncccn2)ccn1.[c-]1ccccc1-c1cc(-c2ncncn2)ccn1.[c-]1ccccc1-c1ccccn1.[c-]1ccccc1-c1ccccn1.[c-]1ccccc1-c1ccccn1.[c-]1ccccc1-c1ccccn1. The first kappa shape index (κ1) is 93.7. The van der Waals surface area contributed by atoms with Gasteiger partial charge in [-0.25, -0.2) is 34.9 Å². The van der Waals surface area contributed by atoms with Crippen molar-refractivity contribution in [2.45, 2.75) is 0 Å².